The average Bonchev–Trinajstić information content (AvgIpc) is 3.15. The Morgan fingerprint density at radius 2 is 1.81 bits per heavy atom. The fourth-order valence-electron chi connectivity index (χ4n) is 3.18. The molecule has 0 atom stereocenters. The summed E-state index contributed by atoms with van der Waals surface area (Å²) in [6.45, 7) is 1.20. The Balaban J connectivity index is 1.44. The molecular weight excluding hydrogens is 394 g/mol. The van der Waals surface area contributed by atoms with Crippen molar-refractivity contribution in [2.75, 3.05) is 11.9 Å². The first-order valence-corrected chi connectivity index (χ1v) is 9.48. The molecule has 2 heterocycles. The number of aryl methyl sites for hydroxylation is 1. The van der Waals surface area contributed by atoms with E-state index in [9.17, 15) is 14.9 Å². The summed E-state index contributed by atoms with van der Waals surface area (Å²) in [5.74, 6) is -1.25. The highest BCUT2D eigenvalue weighted by Crippen LogP contribution is 2.30. The first-order valence-electron chi connectivity index (χ1n) is 9.48. The van der Waals surface area contributed by atoms with E-state index in [1.165, 1.54) is 0 Å². The molecule has 7 heteroatoms. The second-order valence-corrected chi connectivity index (χ2v) is 6.73. The van der Waals surface area contributed by atoms with E-state index in [1.807, 2.05) is 36.4 Å². The van der Waals surface area contributed by atoms with Gasteiger partial charge < -0.3 is 14.5 Å². The van der Waals surface area contributed by atoms with E-state index in [1.54, 1.807) is 43.3 Å². The molecule has 0 unspecified atom stereocenters. The SMILES string of the molecule is Cc1nc(-c2ccccc2)ccc1C(=O)OCC(=O)Nc1c(C#N)oc2ccccc12. The number of fused-ring (bicyclic) bond motifs is 1. The number of nitriles is 1. The van der Waals surface area contributed by atoms with E-state index in [0.29, 0.717) is 16.7 Å². The number of anilines is 1. The molecule has 0 bridgehead atoms. The molecule has 2 aromatic carbocycles. The van der Waals surface area contributed by atoms with E-state index >= 15 is 0 Å². The van der Waals surface area contributed by atoms with Crippen molar-refractivity contribution in [1.29, 1.82) is 5.26 Å². The minimum atomic E-state index is -0.655. The van der Waals surface area contributed by atoms with E-state index in [-0.39, 0.29) is 17.0 Å². The quantitative estimate of drug-likeness (QED) is 0.486. The minimum absolute atomic E-state index is 0.0163. The Morgan fingerprint density at radius 1 is 1.06 bits per heavy atom. The van der Waals surface area contributed by atoms with Crippen molar-refractivity contribution < 1.29 is 18.7 Å². The number of pyridine rings is 1. The maximum atomic E-state index is 12.4. The average molecular weight is 411 g/mol. The monoisotopic (exact) mass is 411 g/mol. The highest BCUT2D eigenvalue weighted by molar-refractivity contribution is 6.04. The van der Waals surface area contributed by atoms with Crippen molar-refractivity contribution in [2.45, 2.75) is 6.92 Å². The van der Waals surface area contributed by atoms with Gasteiger partial charge in [0, 0.05) is 10.9 Å². The first-order chi connectivity index (χ1) is 15.1. The van der Waals surface area contributed by atoms with Gasteiger partial charge in [0.15, 0.2) is 6.61 Å². The summed E-state index contributed by atoms with van der Waals surface area (Å²) in [7, 11) is 0. The third-order valence-electron chi connectivity index (χ3n) is 4.67. The lowest BCUT2D eigenvalue weighted by atomic mass is 10.1. The van der Waals surface area contributed by atoms with E-state index in [4.69, 9.17) is 9.15 Å². The number of hydrogen-bond donors (Lipinski definition) is 1. The predicted octanol–water partition coefficient (Wildman–Crippen LogP) is 4.47. The molecule has 0 saturated heterocycles. The number of hydrogen-bond acceptors (Lipinski definition) is 6. The molecule has 1 amide bonds. The molecule has 0 aliphatic carbocycles. The van der Waals surface area contributed by atoms with Gasteiger partial charge in [0.05, 0.1) is 17.0 Å². The van der Waals surface area contributed by atoms with Crippen LogP contribution in [0, 0.1) is 18.3 Å². The van der Waals surface area contributed by atoms with Crippen molar-refractivity contribution in [3.05, 3.63) is 83.7 Å². The molecule has 152 valence electrons. The third-order valence-corrected chi connectivity index (χ3v) is 4.67. The van der Waals surface area contributed by atoms with E-state index < -0.39 is 18.5 Å². The first kappa shape index (κ1) is 19.9. The van der Waals surface area contributed by atoms with Crippen LogP contribution in [0.5, 0.6) is 0 Å². The second-order valence-electron chi connectivity index (χ2n) is 6.73. The Hall–Kier alpha value is -4.44. The van der Waals surface area contributed by atoms with Gasteiger partial charge in [-0.05, 0) is 31.2 Å². The fourth-order valence-corrected chi connectivity index (χ4v) is 3.18. The lowest BCUT2D eigenvalue weighted by Crippen LogP contribution is -2.21. The number of furan rings is 1. The van der Waals surface area contributed by atoms with Gasteiger partial charge in [-0.25, -0.2) is 4.79 Å². The van der Waals surface area contributed by atoms with Crippen LogP contribution in [-0.4, -0.2) is 23.5 Å². The summed E-state index contributed by atoms with van der Waals surface area (Å²) in [4.78, 5) is 29.2. The number of rotatable bonds is 5. The van der Waals surface area contributed by atoms with Crippen LogP contribution < -0.4 is 5.32 Å². The highest BCUT2D eigenvalue weighted by atomic mass is 16.5. The molecule has 4 aromatic rings. The van der Waals surface area contributed by atoms with Crippen molar-refractivity contribution in [3.63, 3.8) is 0 Å². The van der Waals surface area contributed by atoms with Gasteiger partial charge in [-0.15, -0.1) is 0 Å². The standard InChI is InChI=1S/C24H17N3O4/c1-15-17(11-12-19(26-15)16-7-3-2-4-8-16)24(29)30-14-22(28)27-23-18-9-5-6-10-20(18)31-21(23)13-25/h2-12H,14H2,1H3,(H,27,28). The summed E-state index contributed by atoms with van der Waals surface area (Å²) < 4.78 is 10.6. The number of para-hydroxylation sites is 1. The van der Waals surface area contributed by atoms with Gasteiger partial charge in [-0.3, -0.25) is 9.78 Å². The summed E-state index contributed by atoms with van der Waals surface area (Å²) >= 11 is 0. The summed E-state index contributed by atoms with van der Waals surface area (Å²) in [6, 6.07) is 21.8. The highest BCUT2D eigenvalue weighted by Gasteiger charge is 2.18. The zero-order valence-electron chi connectivity index (χ0n) is 16.6. The van der Waals surface area contributed by atoms with Crippen molar-refractivity contribution in [1.82, 2.24) is 4.98 Å². The number of ether oxygens (including phenoxy) is 1. The number of benzene rings is 2. The lowest BCUT2D eigenvalue weighted by Gasteiger charge is -2.09. The molecule has 0 radical (unpaired) electrons. The number of aromatic nitrogens is 1. The molecule has 0 spiro atoms. The predicted molar refractivity (Wildman–Crippen MR) is 114 cm³/mol. The molecular formula is C24H17N3O4. The molecule has 2 aromatic heterocycles. The van der Waals surface area contributed by atoms with Gasteiger partial charge in [0.25, 0.3) is 5.91 Å². The molecule has 31 heavy (non-hydrogen) atoms. The maximum absolute atomic E-state index is 12.4. The zero-order chi connectivity index (χ0) is 21.8. The number of esters is 1. The van der Waals surface area contributed by atoms with Crippen LogP contribution in [0.2, 0.25) is 0 Å². The molecule has 0 aliphatic rings. The van der Waals surface area contributed by atoms with Gasteiger partial charge in [-0.2, -0.15) is 5.26 Å². The van der Waals surface area contributed by atoms with Gasteiger partial charge in [-0.1, -0.05) is 42.5 Å². The van der Waals surface area contributed by atoms with Crippen molar-refractivity contribution in [3.8, 4) is 17.3 Å². The number of amides is 1. The lowest BCUT2D eigenvalue weighted by molar-refractivity contribution is -0.119. The number of carbonyl (C=O) groups is 2. The van der Waals surface area contributed by atoms with Gasteiger partial charge in [0.1, 0.15) is 17.3 Å². The van der Waals surface area contributed by atoms with E-state index in [0.717, 1.165) is 11.3 Å². The normalized spacial score (nSPS) is 10.5. The maximum Gasteiger partial charge on any atom is 0.340 e. The molecule has 1 N–H and O–H groups in total. The van der Waals surface area contributed by atoms with Crippen LogP contribution in [0.25, 0.3) is 22.2 Å². The fraction of sp³-hybridized carbons (Fsp3) is 0.0833. The Labute approximate surface area is 177 Å². The van der Waals surface area contributed by atoms with Crippen LogP contribution in [0.3, 0.4) is 0 Å². The van der Waals surface area contributed by atoms with Crippen molar-refractivity contribution in [2.24, 2.45) is 0 Å². The van der Waals surface area contributed by atoms with E-state index in [2.05, 4.69) is 10.3 Å². The Morgan fingerprint density at radius 3 is 2.55 bits per heavy atom. The molecule has 7 nitrogen and oxygen atoms in total. The number of nitrogens with zero attached hydrogens (tertiary/aromatic N) is 2. The third kappa shape index (κ3) is 4.14. The van der Waals surface area contributed by atoms with Crippen LogP contribution >= 0.6 is 0 Å². The van der Waals surface area contributed by atoms with Gasteiger partial charge >= 0.3 is 5.97 Å². The molecule has 0 fully saturated rings. The van der Waals surface area contributed by atoms with Crippen LogP contribution in [0.4, 0.5) is 5.69 Å². The second kappa shape index (κ2) is 8.51. The largest absolute Gasteiger partial charge is 0.452 e. The Bertz CT molecular complexity index is 1320. The Kier molecular flexibility index (Phi) is 5.45. The molecule has 0 aliphatic heterocycles. The smallest absolute Gasteiger partial charge is 0.340 e. The number of nitrogens with one attached hydrogen (secondary N) is 1. The summed E-state index contributed by atoms with van der Waals surface area (Å²) in [5.41, 5.74) is 3.18. The minimum Gasteiger partial charge on any atom is -0.452 e. The van der Waals surface area contributed by atoms with Crippen LogP contribution in [-0.2, 0) is 9.53 Å². The van der Waals surface area contributed by atoms with Crippen molar-refractivity contribution >= 4 is 28.5 Å². The molecule has 0 saturated carbocycles. The van der Waals surface area contributed by atoms with Gasteiger partial charge in [0.2, 0.25) is 5.76 Å². The number of carbonyl (C=O) groups excluding carboxylic acids is 2. The summed E-state index contributed by atoms with van der Waals surface area (Å²) in [5, 5.41) is 12.4. The topological polar surface area (TPSA) is 105 Å². The molecule has 4 rings (SSSR count). The zero-order valence-corrected chi connectivity index (χ0v) is 16.6. The summed E-state index contributed by atoms with van der Waals surface area (Å²) in [6.07, 6.45) is 0. The van der Waals surface area contributed by atoms with Crippen LogP contribution in [0.1, 0.15) is 21.8 Å². The van der Waals surface area contributed by atoms with Crippen LogP contribution in [0.15, 0.2) is 71.1 Å².